The Bertz CT molecular complexity index is 609. The van der Waals surface area contributed by atoms with E-state index in [9.17, 15) is 4.79 Å². The van der Waals surface area contributed by atoms with Gasteiger partial charge in [-0.3, -0.25) is 4.79 Å². The van der Waals surface area contributed by atoms with Crippen LogP contribution in [-0.4, -0.2) is 19.1 Å². The molecule has 1 amide bonds. The summed E-state index contributed by atoms with van der Waals surface area (Å²) in [6, 6.07) is 17.2. The molecule has 0 aliphatic carbocycles. The van der Waals surface area contributed by atoms with Crippen molar-refractivity contribution < 1.29 is 9.53 Å². The lowest BCUT2D eigenvalue weighted by molar-refractivity contribution is -0.116. The quantitative estimate of drug-likeness (QED) is 0.625. The molecular formula is C18H18ClNO2. The van der Waals surface area contributed by atoms with E-state index in [1.165, 1.54) is 6.08 Å². The lowest BCUT2D eigenvalue weighted by Gasteiger charge is -2.05. The van der Waals surface area contributed by atoms with Crippen LogP contribution >= 0.6 is 11.6 Å². The van der Waals surface area contributed by atoms with Crippen molar-refractivity contribution in [3.05, 3.63) is 76.8 Å². The van der Waals surface area contributed by atoms with E-state index in [1.54, 1.807) is 18.2 Å². The van der Waals surface area contributed by atoms with Crippen LogP contribution in [0.4, 0.5) is 0 Å². The SMILES string of the molecule is O=C(/C=C/c1ccc(Cl)cc1)NCCOCc1ccccc1. The maximum Gasteiger partial charge on any atom is 0.244 e. The monoisotopic (exact) mass is 315 g/mol. The molecule has 0 radical (unpaired) electrons. The Morgan fingerprint density at radius 1 is 1.09 bits per heavy atom. The smallest absolute Gasteiger partial charge is 0.244 e. The van der Waals surface area contributed by atoms with E-state index < -0.39 is 0 Å². The molecule has 0 saturated heterocycles. The highest BCUT2D eigenvalue weighted by Crippen LogP contribution is 2.10. The van der Waals surface area contributed by atoms with Crippen molar-refractivity contribution >= 4 is 23.6 Å². The zero-order valence-corrected chi connectivity index (χ0v) is 12.9. The molecule has 0 spiro atoms. The normalized spacial score (nSPS) is 10.8. The zero-order chi connectivity index (χ0) is 15.6. The predicted octanol–water partition coefficient (Wildman–Crippen LogP) is 3.69. The minimum atomic E-state index is -0.140. The minimum absolute atomic E-state index is 0.140. The van der Waals surface area contributed by atoms with E-state index in [4.69, 9.17) is 16.3 Å². The van der Waals surface area contributed by atoms with Crippen molar-refractivity contribution in [1.29, 1.82) is 0 Å². The van der Waals surface area contributed by atoms with Crippen molar-refractivity contribution in [2.24, 2.45) is 0 Å². The van der Waals surface area contributed by atoms with Gasteiger partial charge in [-0.1, -0.05) is 54.1 Å². The highest BCUT2D eigenvalue weighted by Gasteiger charge is 1.96. The number of halogens is 1. The van der Waals surface area contributed by atoms with Crippen LogP contribution in [0.3, 0.4) is 0 Å². The van der Waals surface area contributed by atoms with E-state index >= 15 is 0 Å². The van der Waals surface area contributed by atoms with Gasteiger partial charge < -0.3 is 10.1 Å². The van der Waals surface area contributed by atoms with Crippen LogP contribution in [-0.2, 0) is 16.1 Å². The maximum atomic E-state index is 11.6. The van der Waals surface area contributed by atoms with Gasteiger partial charge in [0.05, 0.1) is 13.2 Å². The third kappa shape index (κ3) is 6.12. The maximum absolute atomic E-state index is 11.6. The van der Waals surface area contributed by atoms with E-state index in [0.717, 1.165) is 11.1 Å². The predicted molar refractivity (Wildman–Crippen MR) is 89.6 cm³/mol. The number of ether oxygens (including phenoxy) is 1. The molecule has 0 aromatic heterocycles. The molecule has 0 aliphatic heterocycles. The van der Waals surface area contributed by atoms with Crippen LogP contribution in [0.2, 0.25) is 5.02 Å². The molecule has 3 nitrogen and oxygen atoms in total. The standard InChI is InChI=1S/C18H18ClNO2/c19-17-9-6-15(7-10-17)8-11-18(21)20-12-13-22-14-16-4-2-1-3-5-16/h1-11H,12-14H2,(H,20,21)/b11-8+. The first-order valence-electron chi connectivity index (χ1n) is 7.07. The van der Waals surface area contributed by atoms with Gasteiger partial charge in [0.15, 0.2) is 0 Å². The van der Waals surface area contributed by atoms with Gasteiger partial charge in [-0.25, -0.2) is 0 Å². The summed E-state index contributed by atoms with van der Waals surface area (Å²) in [5, 5.41) is 3.45. The minimum Gasteiger partial charge on any atom is -0.375 e. The average Bonchev–Trinajstić information content (AvgIpc) is 2.55. The van der Waals surface area contributed by atoms with Crippen LogP contribution in [0.5, 0.6) is 0 Å². The molecule has 2 aromatic carbocycles. The Labute approximate surface area is 135 Å². The van der Waals surface area contributed by atoms with Crippen molar-refractivity contribution in [3.8, 4) is 0 Å². The van der Waals surface area contributed by atoms with Gasteiger partial charge in [0.1, 0.15) is 0 Å². The third-order valence-corrected chi connectivity index (χ3v) is 3.21. The largest absolute Gasteiger partial charge is 0.375 e. The average molecular weight is 316 g/mol. The van der Waals surface area contributed by atoms with Gasteiger partial charge in [-0.15, -0.1) is 0 Å². The first-order valence-corrected chi connectivity index (χ1v) is 7.45. The summed E-state index contributed by atoms with van der Waals surface area (Å²) >= 11 is 5.80. The lowest BCUT2D eigenvalue weighted by atomic mass is 10.2. The molecule has 0 fully saturated rings. The highest BCUT2D eigenvalue weighted by atomic mass is 35.5. The number of benzene rings is 2. The number of carbonyl (C=O) groups is 1. The number of hydrogen-bond donors (Lipinski definition) is 1. The number of rotatable bonds is 7. The van der Waals surface area contributed by atoms with Gasteiger partial charge in [-0.2, -0.15) is 0 Å². The lowest BCUT2D eigenvalue weighted by Crippen LogP contribution is -2.25. The van der Waals surface area contributed by atoms with E-state index in [0.29, 0.717) is 24.8 Å². The van der Waals surface area contributed by atoms with Crippen LogP contribution in [0.1, 0.15) is 11.1 Å². The van der Waals surface area contributed by atoms with Gasteiger partial charge in [-0.05, 0) is 29.3 Å². The summed E-state index contributed by atoms with van der Waals surface area (Å²) < 4.78 is 5.49. The first kappa shape index (κ1) is 16.3. The molecule has 4 heteroatoms. The number of carbonyl (C=O) groups excluding carboxylic acids is 1. The van der Waals surface area contributed by atoms with Crippen LogP contribution in [0.15, 0.2) is 60.7 Å². The fraction of sp³-hybridized carbons (Fsp3) is 0.167. The molecule has 0 aliphatic rings. The van der Waals surface area contributed by atoms with Crippen molar-refractivity contribution in [1.82, 2.24) is 5.32 Å². The summed E-state index contributed by atoms with van der Waals surface area (Å²) in [6.45, 7) is 1.52. The van der Waals surface area contributed by atoms with Crippen molar-refractivity contribution in [2.45, 2.75) is 6.61 Å². The molecule has 2 aromatic rings. The fourth-order valence-corrected chi connectivity index (χ4v) is 1.94. The van der Waals surface area contributed by atoms with Gasteiger partial charge in [0.2, 0.25) is 5.91 Å². The number of nitrogens with one attached hydrogen (secondary N) is 1. The highest BCUT2D eigenvalue weighted by molar-refractivity contribution is 6.30. The van der Waals surface area contributed by atoms with Gasteiger partial charge in [0, 0.05) is 17.6 Å². The molecule has 114 valence electrons. The number of amides is 1. The Morgan fingerprint density at radius 2 is 1.82 bits per heavy atom. The van der Waals surface area contributed by atoms with E-state index in [-0.39, 0.29) is 5.91 Å². The van der Waals surface area contributed by atoms with Crippen LogP contribution in [0.25, 0.3) is 6.08 Å². The fourth-order valence-electron chi connectivity index (χ4n) is 1.82. The molecule has 0 unspecified atom stereocenters. The molecule has 0 saturated carbocycles. The van der Waals surface area contributed by atoms with Gasteiger partial charge in [0.25, 0.3) is 0 Å². The Kier molecular flexibility index (Phi) is 6.68. The topological polar surface area (TPSA) is 38.3 Å². The summed E-state index contributed by atoms with van der Waals surface area (Å²) in [7, 11) is 0. The number of hydrogen-bond acceptors (Lipinski definition) is 2. The van der Waals surface area contributed by atoms with Crippen molar-refractivity contribution in [2.75, 3.05) is 13.2 Å². The summed E-state index contributed by atoms with van der Waals surface area (Å²) in [6.07, 6.45) is 3.25. The summed E-state index contributed by atoms with van der Waals surface area (Å²) in [5.74, 6) is -0.140. The molecule has 0 heterocycles. The second kappa shape index (κ2) is 9.03. The molecule has 0 bridgehead atoms. The van der Waals surface area contributed by atoms with Crippen molar-refractivity contribution in [3.63, 3.8) is 0 Å². The van der Waals surface area contributed by atoms with E-state index in [1.807, 2.05) is 42.5 Å². The second-order valence-electron chi connectivity index (χ2n) is 4.71. The molecule has 22 heavy (non-hydrogen) atoms. The molecular weight excluding hydrogens is 298 g/mol. The molecule has 1 N–H and O–H groups in total. The summed E-state index contributed by atoms with van der Waals surface area (Å²) in [5.41, 5.74) is 2.05. The first-order chi connectivity index (χ1) is 10.7. The molecule has 2 rings (SSSR count). The third-order valence-electron chi connectivity index (χ3n) is 2.95. The molecule has 0 atom stereocenters. The van der Waals surface area contributed by atoms with Gasteiger partial charge >= 0.3 is 0 Å². The van der Waals surface area contributed by atoms with Crippen LogP contribution in [0, 0.1) is 0 Å². The second-order valence-corrected chi connectivity index (χ2v) is 5.15. The Hall–Kier alpha value is -2.10. The van der Waals surface area contributed by atoms with E-state index in [2.05, 4.69) is 5.32 Å². The summed E-state index contributed by atoms with van der Waals surface area (Å²) in [4.78, 5) is 11.6. The zero-order valence-electron chi connectivity index (χ0n) is 12.2. The Morgan fingerprint density at radius 3 is 2.55 bits per heavy atom. The van der Waals surface area contributed by atoms with Crippen LogP contribution < -0.4 is 5.32 Å². The Balaban J connectivity index is 1.62.